The molecule has 0 aliphatic carbocycles. The first kappa shape index (κ1) is 14.0. The molecule has 0 aromatic heterocycles. The van der Waals surface area contributed by atoms with Gasteiger partial charge in [-0.25, -0.2) is 4.79 Å². The van der Waals surface area contributed by atoms with Gasteiger partial charge in [-0.2, -0.15) is 0 Å². The third-order valence-electron chi connectivity index (χ3n) is 3.12. The van der Waals surface area contributed by atoms with E-state index in [1.807, 2.05) is 42.5 Å². The van der Waals surface area contributed by atoms with Crippen LogP contribution < -0.4 is 0 Å². The molecule has 0 aliphatic heterocycles. The van der Waals surface area contributed by atoms with Gasteiger partial charge in [0.05, 0.1) is 5.56 Å². The molecule has 3 rings (SSSR count). The van der Waals surface area contributed by atoms with E-state index in [4.69, 9.17) is 11.6 Å². The van der Waals surface area contributed by atoms with Crippen LogP contribution in [0.4, 0.5) is 0 Å². The van der Waals surface area contributed by atoms with Crippen molar-refractivity contribution in [3.05, 3.63) is 71.2 Å². The molecule has 2 nitrogen and oxygen atoms in total. The zero-order chi connectivity index (χ0) is 14.8. The van der Waals surface area contributed by atoms with Crippen LogP contribution in [-0.4, -0.2) is 11.1 Å². The Bertz CT molecular complexity index is 830. The minimum absolute atomic E-state index is 0.262. The van der Waals surface area contributed by atoms with Gasteiger partial charge in [-0.15, -0.1) is 0 Å². The Morgan fingerprint density at radius 2 is 1.71 bits per heavy atom. The summed E-state index contributed by atoms with van der Waals surface area (Å²) in [5.74, 6) is -0.949. The van der Waals surface area contributed by atoms with E-state index >= 15 is 0 Å². The molecule has 104 valence electrons. The van der Waals surface area contributed by atoms with Crippen molar-refractivity contribution in [1.29, 1.82) is 0 Å². The molecule has 0 saturated heterocycles. The molecule has 0 spiro atoms. The number of aromatic carboxylic acids is 1. The zero-order valence-electron chi connectivity index (χ0n) is 10.9. The average molecular weight is 315 g/mol. The Hall–Kier alpha value is -1.97. The third-order valence-corrected chi connectivity index (χ3v) is 4.41. The molecule has 3 aromatic carbocycles. The predicted molar refractivity (Wildman–Crippen MR) is 86.5 cm³/mol. The first-order valence-corrected chi connectivity index (χ1v) is 7.52. The SMILES string of the molecule is O=C(O)c1ccc(Cl)cc1Sc1ccc2ccccc2c1. The maximum absolute atomic E-state index is 11.3. The van der Waals surface area contributed by atoms with E-state index in [1.165, 1.54) is 17.8 Å². The quantitative estimate of drug-likeness (QED) is 0.708. The smallest absolute Gasteiger partial charge is 0.336 e. The number of carboxylic acids is 1. The van der Waals surface area contributed by atoms with Crippen molar-refractivity contribution < 1.29 is 9.90 Å². The second kappa shape index (κ2) is 5.80. The molecule has 0 aliphatic rings. The number of hydrogen-bond donors (Lipinski definition) is 1. The van der Waals surface area contributed by atoms with Crippen LogP contribution in [0.3, 0.4) is 0 Å². The molecular weight excluding hydrogens is 304 g/mol. The second-order valence-electron chi connectivity index (χ2n) is 4.56. The Balaban J connectivity index is 2.02. The van der Waals surface area contributed by atoms with Gasteiger partial charge in [-0.3, -0.25) is 0 Å². The van der Waals surface area contributed by atoms with Gasteiger partial charge in [0.1, 0.15) is 0 Å². The summed E-state index contributed by atoms with van der Waals surface area (Å²) in [6.45, 7) is 0. The number of hydrogen-bond acceptors (Lipinski definition) is 2. The van der Waals surface area contributed by atoms with Gasteiger partial charge in [0.25, 0.3) is 0 Å². The molecular formula is C17H11ClO2S. The zero-order valence-corrected chi connectivity index (χ0v) is 12.5. The lowest BCUT2D eigenvalue weighted by Gasteiger charge is -2.07. The minimum Gasteiger partial charge on any atom is -0.478 e. The highest BCUT2D eigenvalue weighted by molar-refractivity contribution is 7.99. The molecule has 0 saturated carbocycles. The topological polar surface area (TPSA) is 37.3 Å². The molecule has 3 aromatic rings. The van der Waals surface area contributed by atoms with Crippen LogP contribution in [0.25, 0.3) is 10.8 Å². The van der Waals surface area contributed by atoms with E-state index in [1.54, 1.807) is 12.1 Å². The maximum atomic E-state index is 11.3. The normalized spacial score (nSPS) is 10.7. The molecule has 0 radical (unpaired) electrons. The predicted octanol–water partition coefficient (Wildman–Crippen LogP) is 5.34. The van der Waals surface area contributed by atoms with Gasteiger partial charge in [0.2, 0.25) is 0 Å². The summed E-state index contributed by atoms with van der Waals surface area (Å²) in [7, 11) is 0. The molecule has 21 heavy (non-hydrogen) atoms. The largest absolute Gasteiger partial charge is 0.478 e. The third kappa shape index (κ3) is 3.04. The first-order valence-electron chi connectivity index (χ1n) is 6.33. The van der Waals surface area contributed by atoms with E-state index in [0.717, 1.165) is 15.7 Å². The summed E-state index contributed by atoms with van der Waals surface area (Å²) in [6, 6.07) is 18.9. The van der Waals surface area contributed by atoms with Gasteiger partial charge in [0.15, 0.2) is 0 Å². The van der Waals surface area contributed by atoms with Crippen molar-refractivity contribution in [2.24, 2.45) is 0 Å². The fraction of sp³-hybridized carbons (Fsp3) is 0. The Labute approximate surface area is 131 Å². The van der Waals surface area contributed by atoms with Gasteiger partial charge in [0, 0.05) is 14.8 Å². The molecule has 4 heteroatoms. The Morgan fingerprint density at radius 1 is 0.952 bits per heavy atom. The Kier molecular flexibility index (Phi) is 3.86. The van der Waals surface area contributed by atoms with E-state index < -0.39 is 5.97 Å². The maximum Gasteiger partial charge on any atom is 0.336 e. The van der Waals surface area contributed by atoms with Crippen molar-refractivity contribution >= 4 is 40.1 Å². The van der Waals surface area contributed by atoms with E-state index in [9.17, 15) is 9.90 Å². The number of rotatable bonds is 3. The van der Waals surface area contributed by atoms with Crippen molar-refractivity contribution in [3.63, 3.8) is 0 Å². The van der Waals surface area contributed by atoms with Crippen molar-refractivity contribution in [3.8, 4) is 0 Å². The number of carbonyl (C=O) groups is 1. The lowest BCUT2D eigenvalue weighted by Crippen LogP contribution is -1.98. The number of carboxylic acid groups (broad SMARTS) is 1. The molecule has 0 fully saturated rings. The van der Waals surface area contributed by atoms with E-state index in [2.05, 4.69) is 0 Å². The Morgan fingerprint density at radius 3 is 2.48 bits per heavy atom. The van der Waals surface area contributed by atoms with Crippen LogP contribution in [0.1, 0.15) is 10.4 Å². The summed E-state index contributed by atoms with van der Waals surface area (Å²) in [4.78, 5) is 12.9. The van der Waals surface area contributed by atoms with Crippen molar-refractivity contribution in [1.82, 2.24) is 0 Å². The van der Waals surface area contributed by atoms with Gasteiger partial charge >= 0.3 is 5.97 Å². The highest BCUT2D eigenvalue weighted by Crippen LogP contribution is 2.34. The van der Waals surface area contributed by atoms with E-state index in [0.29, 0.717) is 9.92 Å². The standard InChI is InChI=1S/C17H11ClO2S/c18-13-6-8-15(17(19)20)16(10-13)21-14-7-5-11-3-1-2-4-12(11)9-14/h1-10H,(H,19,20). The lowest BCUT2D eigenvalue weighted by molar-refractivity contribution is 0.0693. The number of fused-ring (bicyclic) bond motifs is 1. The van der Waals surface area contributed by atoms with Crippen LogP contribution in [0.2, 0.25) is 5.02 Å². The summed E-state index contributed by atoms with van der Waals surface area (Å²) < 4.78 is 0. The summed E-state index contributed by atoms with van der Waals surface area (Å²) in [5, 5.41) is 12.1. The molecule has 0 amide bonds. The van der Waals surface area contributed by atoms with E-state index in [-0.39, 0.29) is 5.56 Å². The van der Waals surface area contributed by atoms with Gasteiger partial charge in [-0.05, 0) is 41.1 Å². The van der Waals surface area contributed by atoms with Crippen molar-refractivity contribution in [2.45, 2.75) is 9.79 Å². The molecule has 1 N–H and O–H groups in total. The average Bonchev–Trinajstić information content (AvgIpc) is 2.47. The van der Waals surface area contributed by atoms with Crippen LogP contribution >= 0.6 is 23.4 Å². The fourth-order valence-electron chi connectivity index (χ4n) is 2.12. The van der Waals surface area contributed by atoms with Crippen LogP contribution in [0.15, 0.2) is 70.5 Å². The van der Waals surface area contributed by atoms with Crippen molar-refractivity contribution in [2.75, 3.05) is 0 Å². The first-order chi connectivity index (χ1) is 10.1. The van der Waals surface area contributed by atoms with Crippen LogP contribution in [0.5, 0.6) is 0 Å². The van der Waals surface area contributed by atoms with Gasteiger partial charge in [-0.1, -0.05) is 53.7 Å². The van der Waals surface area contributed by atoms with Crippen LogP contribution in [-0.2, 0) is 0 Å². The fourth-order valence-corrected chi connectivity index (χ4v) is 3.38. The summed E-state index contributed by atoms with van der Waals surface area (Å²) >= 11 is 7.38. The molecule has 0 heterocycles. The highest BCUT2D eigenvalue weighted by atomic mass is 35.5. The second-order valence-corrected chi connectivity index (χ2v) is 6.11. The highest BCUT2D eigenvalue weighted by Gasteiger charge is 2.12. The lowest BCUT2D eigenvalue weighted by atomic mass is 10.1. The molecule has 0 unspecified atom stereocenters. The summed E-state index contributed by atoms with van der Waals surface area (Å²) in [6.07, 6.45) is 0. The molecule has 0 bridgehead atoms. The summed E-state index contributed by atoms with van der Waals surface area (Å²) in [5.41, 5.74) is 0.262. The van der Waals surface area contributed by atoms with Crippen LogP contribution in [0, 0.1) is 0 Å². The number of halogens is 1. The monoisotopic (exact) mass is 314 g/mol. The minimum atomic E-state index is -0.949. The van der Waals surface area contributed by atoms with Gasteiger partial charge < -0.3 is 5.11 Å². The molecule has 0 atom stereocenters. The number of benzene rings is 3.